The number of benzene rings is 1. The Morgan fingerprint density at radius 2 is 1.81 bits per heavy atom. The molecule has 0 unspecified atom stereocenters. The van der Waals surface area contributed by atoms with E-state index < -0.39 is 10.0 Å². The van der Waals surface area contributed by atoms with Crippen molar-refractivity contribution >= 4 is 33.2 Å². The number of unbranched alkanes of at least 4 members (excludes halogenated alkanes) is 1. The molecule has 0 radical (unpaired) electrons. The minimum Gasteiger partial charge on any atom is -0.313 e. The van der Waals surface area contributed by atoms with Gasteiger partial charge in [-0.1, -0.05) is 43.5 Å². The van der Waals surface area contributed by atoms with Crippen LogP contribution in [0.4, 0.5) is 0 Å². The third-order valence-electron chi connectivity index (χ3n) is 2.93. The van der Waals surface area contributed by atoms with Crippen LogP contribution in [0.25, 0.3) is 0 Å². The molecule has 21 heavy (non-hydrogen) atoms. The summed E-state index contributed by atoms with van der Waals surface area (Å²) in [5, 5.41) is 3.79. The number of rotatable bonds is 9. The lowest BCUT2D eigenvalue weighted by atomic mass is 10.2. The van der Waals surface area contributed by atoms with Crippen LogP contribution in [0, 0.1) is 0 Å². The van der Waals surface area contributed by atoms with Gasteiger partial charge in [0.05, 0.1) is 5.02 Å². The molecular formula is C14H22Cl2N2O2S. The maximum Gasteiger partial charge on any atom is 0.242 e. The Balaban J connectivity index is 3.01. The zero-order valence-corrected chi connectivity index (χ0v) is 14.7. The summed E-state index contributed by atoms with van der Waals surface area (Å²) in [5.41, 5.74) is 0.688. The molecule has 0 saturated heterocycles. The molecule has 0 aliphatic heterocycles. The highest BCUT2D eigenvalue weighted by atomic mass is 35.5. The Morgan fingerprint density at radius 3 is 2.43 bits per heavy atom. The number of sulfonamides is 1. The molecule has 0 aromatic heterocycles. The second-order valence-electron chi connectivity index (χ2n) is 4.81. The molecule has 0 atom stereocenters. The van der Waals surface area contributed by atoms with Crippen LogP contribution in [0.5, 0.6) is 0 Å². The molecule has 7 heteroatoms. The quantitative estimate of drug-likeness (QED) is 0.668. The molecule has 4 nitrogen and oxygen atoms in total. The van der Waals surface area contributed by atoms with Crippen molar-refractivity contribution in [3.63, 3.8) is 0 Å². The van der Waals surface area contributed by atoms with Crippen molar-refractivity contribution in [2.45, 2.75) is 44.6 Å². The van der Waals surface area contributed by atoms with Crippen molar-refractivity contribution in [3.8, 4) is 0 Å². The normalized spacial score (nSPS) is 11.8. The van der Waals surface area contributed by atoms with Crippen molar-refractivity contribution in [2.24, 2.45) is 0 Å². The van der Waals surface area contributed by atoms with Gasteiger partial charge in [-0.25, -0.2) is 13.1 Å². The maximum atomic E-state index is 12.3. The van der Waals surface area contributed by atoms with Crippen LogP contribution < -0.4 is 10.0 Å². The molecule has 120 valence electrons. The van der Waals surface area contributed by atoms with Gasteiger partial charge >= 0.3 is 0 Å². The first-order valence-corrected chi connectivity index (χ1v) is 9.34. The van der Waals surface area contributed by atoms with Crippen LogP contribution >= 0.6 is 23.2 Å². The first-order valence-electron chi connectivity index (χ1n) is 7.10. The van der Waals surface area contributed by atoms with E-state index in [1.165, 1.54) is 6.07 Å². The van der Waals surface area contributed by atoms with Crippen molar-refractivity contribution in [1.82, 2.24) is 10.0 Å². The molecule has 2 N–H and O–H groups in total. The lowest BCUT2D eigenvalue weighted by Crippen LogP contribution is -2.25. The van der Waals surface area contributed by atoms with Gasteiger partial charge in [-0.3, -0.25) is 0 Å². The smallest absolute Gasteiger partial charge is 0.242 e. The first kappa shape index (κ1) is 18.7. The van der Waals surface area contributed by atoms with Gasteiger partial charge in [0, 0.05) is 18.1 Å². The van der Waals surface area contributed by atoms with Crippen LogP contribution in [0.3, 0.4) is 0 Å². The average Bonchev–Trinajstić information content (AvgIpc) is 2.42. The highest BCUT2D eigenvalue weighted by molar-refractivity contribution is 7.89. The fourth-order valence-electron chi connectivity index (χ4n) is 1.80. The monoisotopic (exact) mass is 352 g/mol. The van der Waals surface area contributed by atoms with Crippen LogP contribution in [0.1, 0.15) is 38.7 Å². The van der Waals surface area contributed by atoms with Gasteiger partial charge in [0.15, 0.2) is 0 Å². The largest absolute Gasteiger partial charge is 0.313 e. The van der Waals surface area contributed by atoms with Gasteiger partial charge in [0.2, 0.25) is 10.0 Å². The van der Waals surface area contributed by atoms with Gasteiger partial charge in [-0.2, -0.15) is 0 Å². The lowest BCUT2D eigenvalue weighted by molar-refractivity contribution is 0.578. The summed E-state index contributed by atoms with van der Waals surface area (Å²) in [6.45, 7) is 5.77. The molecule has 0 bridgehead atoms. The maximum absolute atomic E-state index is 12.3. The van der Waals surface area contributed by atoms with Crippen LogP contribution in [-0.2, 0) is 16.6 Å². The molecular weight excluding hydrogens is 331 g/mol. The summed E-state index contributed by atoms with van der Waals surface area (Å²) in [6.07, 6.45) is 2.68. The molecule has 0 heterocycles. The van der Waals surface area contributed by atoms with Crippen molar-refractivity contribution in [1.29, 1.82) is 0 Å². The predicted octanol–water partition coefficient (Wildman–Crippen LogP) is 3.57. The second-order valence-corrected chi connectivity index (χ2v) is 7.35. The van der Waals surface area contributed by atoms with Crippen LogP contribution in [0.15, 0.2) is 17.0 Å². The number of hydrogen-bond acceptors (Lipinski definition) is 3. The minimum absolute atomic E-state index is 0.0427. The number of halogens is 2. The van der Waals surface area contributed by atoms with E-state index in [2.05, 4.69) is 17.0 Å². The summed E-state index contributed by atoms with van der Waals surface area (Å²) in [5.74, 6) is 0. The number of hydrogen-bond donors (Lipinski definition) is 2. The lowest BCUT2D eigenvalue weighted by Gasteiger charge is -2.13. The SMILES string of the molecule is CCCCNS(=O)(=O)c1cc(Cl)cc(CNCCC)c1Cl. The van der Waals surface area contributed by atoms with E-state index in [-0.39, 0.29) is 9.92 Å². The average molecular weight is 353 g/mol. The van der Waals surface area contributed by atoms with E-state index in [1.54, 1.807) is 6.07 Å². The summed E-state index contributed by atoms with van der Waals surface area (Å²) in [4.78, 5) is 0.0427. The molecule has 0 saturated carbocycles. The van der Waals surface area contributed by atoms with Crippen LogP contribution in [0.2, 0.25) is 10.0 Å². The Labute approximate surface area is 137 Å². The fourth-order valence-corrected chi connectivity index (χ4v) is 3.81. The topological polar surface area (TPSA) is 58.2 Å². The first-order chi connectivity index (χ1) is 9.92. The molecule has 0 spiro atoms. The molecule has 1 rings (SSSR count). The molecule has 1 aromatic rings. The summed E-state index contributed by atoms with van der Waals surface area (Å²) >= 11 is 12.3. The summed E-state index contributed by atoms with van der Waals surface area (Å²) < 4.78 is 27.1. The third-order valence-corrected chi connectivity index (χ3v) is 5.20. The Kier molecular flexibility index (Phi) is 7.98. The van der Waals surface area contributed by atoms with Crippen molar-refractivity contribution < 1.29 is 8.42 Å². The molecule has 0 aliphatic rings. The minimum atomic E-state index is -3.63. The van der Waals surface area contributed by atoms with Crippen molar-refractivity contribution in [2.75, 3.05) is 13.1 Å². The Morgan fingerprint density at radius 1 is 1.10 bits per heavy atom. The van der Waals surface area contributed by atoms with Gasteiger partial charge < -0.3 is 5.32 Å². The number of nitrogens with one attached hydrogen (secondary N) is 2. The van der Waals surface area contributed by atoms with E-state index in [1.807, 2.05) is 6.92 Å². The zero-order valence-electron chi connectivity index (χ0n) is 12.4. The molecule has 0 amide bonds. The highest BCUT2D eigenvalue weighted by Crippen LogP contribution is 2.29. The van der Waals surface area contributed by atoms with E-state index in [4.69, 9.17) is 23.2 Å². The molecule has 1 aromatic carbocycles. The van der Waals surface area contributed by atoms with Gasteiger partial charge in [-0.05, 0) is 37.1 Å². The van der Waals surface area contributed by atoms with E-state index in [0.29, 0.717) is 23.7 Å². The van der Waals surface area contributed by atoms with Gasteiger partial charge in [0.1, 0.15) is 4.90 Å². The zero-order chi connectivity index (χ0) is 15.9. The van der Waals surface area contributed by atoms with Crippen molar-refractivity contribution in [3.05, 3.63) is 27.7 Å². The van der Waals surface area contributed by atoms with E-state index in [0.717, 1.165) is 25.8 Å². The van der Waals surface area contributed by atoms with E-state index in [9.17, 15) is 8.42 Å². The third kappa shape index (κ3) is 5.75. The van der Waals surface area contributed by atoms with Crippen LogP contribution in [-0.4, -0.2) is 21.5 Å². The predicted molar refractivity (Wildman–Crippen MR) is 88.6 cm³/mol. The summed E-state index contributed by atoms with van der Waals surface area (Å²) in [6, 6.07) is 3.08. The Hall–Kier alpha value is -0.330. The van der Waals surface area contributed by atoms with Gasteiger partial charge in [-0.15, -0.1) is 0 Å². The second kappa shape index (κ2) is 8.96. The molecule has 0 fully saturated rings. The standard InChI is InChI=1S/C14H22Cl2N2O2S/c1-3-5-7-18-21(19,20)13-9-12(15)8-11(14(13)16)10-17-6-4-2/h8-9,17-18H,3-7,10H2,1-2H3. The van der Waals surface area contributed by atoms with Gasteiger partial charge in [0.25, 0.3) is 0 Å². The summed E-state index contributed by atoms with van der Waals surface area (Å²) in [7, 11) is -3.63. The van der Waals surface area contributed by atoms with E-state index >= 15 is 0 Å². The highest BCUT2D eigenvalue weighted by Gasteiger charge is 2.20. The fraction of sp³-hybridized carbons (Fsp3) is 0.571. The Bertz CT molecular complexity index is 562. The molecule has 0 aliphatic carbocycles.